The van der Waals surface area contributed by atoms with Gasteiger partial charge in [0.25, 0.3) is 23.6 Å². The zero-order chi connectivity index (χ0) is 67.6. The first-order valence-electron chi connectivity index (χ1n) is 35.1. The maximum Gasteiger partial charge on any atom is 0.272 e. The van der Waals surface area contributed by atoms with Crippen molar-refractivity contribution in [3.8, 4) is 0 Å². The smallest absolute Gasteiger partial charge is 0.272 e. The minimum Gasteiger partial charge on any atom is -0.396 e. The van der Waals surface area contributed by atoms with E-state index in [2.05, 4.69) is 120 Å². The number of aliphatic hydroxyl groups excluding tert-OH is 1. The first-order chi connectivity index (χ1) is 47.3. The van der Waals surface area contributed by atoms with E-state index in [4.69, 9.17) is 9.97 Å². The van der Waals surface area contributed by atoms with E-state index in [1.165, 1.54) is 33.4 Å². The number of pyridine rings is 3. The molecule has 22 nitrogen and oxygen atoms in total. The molecule has 3 amide bonds. The Balaban J connectivity index is 0.000000115. The van der Waals surface area contributed by atoms with Gasteiger partial charge in [0.2, 0.25) is 0 Å². The lowest BCUT2D eigenvalue weighted by Crippen LogP contribution is -2.37. The summed E-state index contributed by atoms with van der Waals surface area (Å²) in [6, 6.07) is 12.4. The first kappa shape index (κ1) is 63.7. The Morgan fingerprint density at radius 1 is 0.490 bits per heavy atom. The van der Waals surface area contributed by atoms with Crippen LogP contribution in [-0.4, -0.2) is 173 Å². The Bertz CT molecular complexity index is 4400. The maximum absolute atomic E-state index is 13.5. The summed E-state index contributed by atoms with van der Waals surface area (Å²) in [7, 11) is 0. The van der Waals surface area contributed by atoms with E-state index < -0.39 is 17.8 Å². The van der Waals surface area contributed by atoms with Crippen molar-refractivity contribution in [1.29, 1.82) is 0 Å². The van der Waals surface area contributed by atoms with Crippen molar-refractivity contribution >= 4 is 52.3 Å². The van der Waals surface area contributed by atoms with Gasteiger partial charge in [0.05, 0.1) is 105 Å². The molecule has 98 heavy (non-hydrogen) atoms. The molecule has 11 atom stereocenters. The van der Waals surface area contributed by atoms with Crippen molar-refractivity contribution in [1.82, 2.24) is 59.6 Å². The highest BCUT2D eigenvalue weighted by Gasteiger charge is 2.72. The van der Waals surface area contributed by atoms with Crippen molar-refractivity contribution in [2.24, 2.45) is 62.3 Å². The van der Waals surface area contributed by atoms with Crippen LogP contribution in [0.2, 0.25) is 0 Å². The van der Waals surface area contributed by atoms with Gasteiger partial charge in [-0.15, -0.1) is 0 Å². The molecule has 0 aromatic carbocycles. The molecule has 6 saturated carbocycles. The zero-order valence-corrected chi connectivity index (χ0v) is 56.9. The van der Waals surface area contributed by atoms with Crippen LogP contribution in [0.5, 0.6) is 0 Å². The molecule has 6 aliphatic carbocycles. The molecular weight excluding hydrogens is 1240 g/mol. The first-order valence-corrected chi connectivity index (χ1v) is 35.1. The number of aryl methyl sites for hydroxylation is 3. The number of hydrogen-bond acceptors (Lipinski definition) is 16. The highest BCUT2D eigenvalue weighted by atomic mass is 19.3. The molecule has 6 aromatic rings. The lowest BCUT2D eigenvalue weighted by atomic mass is 10.1. The molecule has 0 radical (unpaired) electrons. The summed E-state index contributed by atoms with van der Waals surface area (Å²) >= 11 is 0. The molecule has 3 saturated heterocycles. The van der Waals surface area contributed by atoms with Gasteiger partial charge in [0.1, 0.15) is 34.5 Å². The summed E-state index contributed by atoms with van der Waals surface area (Å²) in [4.78, 5) is 86.2. The molecule has 9 fully saturated rings. The lowest BCUT2D eigenvalue weighted by Gasteiger charge is -2.21. The average molecular weight is 1330 g/mol. The molecule has 0 spiro atoms. The lowest BCUT2D eigenvalue weighted by molar-refractivity contribution is 0.0796. The van der Waals surface area contributed by atoms with E-state index in [0.717, 1.165) is 170 Å². The number of aliphatic hydroxyl groups is 1. The fourth-order valence-corrected chi connectivity index (χ4v) is 17.1. The van der Waals surface area contributed by atoms with Gasteiger partial charge >= 0.3 is 0 Å². The van der Waals surface area contributed by atoms with Gasteiger partial charge in [-0.3, -0.25) is 29.4 Å². The van der Waals surface area contributed by atoms with Crippen LogP contribution in [0, 0.1) is 68.1 Å². The quantitative estimate of drug-likeness (QED) is 0.0719. The van der Waals surface area contributed by atoms with Crippen molar-refractivity contribution in [2.75, 3.05) is 80.2 Å². The molecule has 4 unspecified atom stereocenters. The van der Waals surface area contributed by atoms with E-state index in [1.54, 1.807) is 31.4 Å². The number of aliphatic imine (C=N–C) groups is 3. The number of imidazole rings is 3. The summed E-state index contributed by atoms with van der Waals surface area (Å²) in [5.41, 5.74) is 18.5. The second-order valence-corrected chi connectivity index (χ2v) is 29.6. The third-order valence-corrected chi connectivity index (χ3v) is 23.5. The second-order valence-electron chi connectivity index (χ2n) is 29.6. The highest BCUT2D eigenvalue weighted by molar-refractivity contribution is 6.12. The topological polar surface area (TPSA) is 246 Å². The van der Waals surface area contributed by atoms with E-state index >= 15 is 0 Å². The minimum absolute atomic E-state index is 0.00151. The number of alkyl halides is 2. The average Bonchev–Trinajstić information content (AvgIpc) is 1.55. The number of halogens is 2. The Morgan fingerprint density at radius 2 is 0.816 bits per heavy atom. The zero-order valence-electron chi connectivity index (χ0n) is 56.9. The van der Waals surface area contributed by atoms with Crippen LogP contribution in [0.1, 0.15) is 131 Å². The number of carbonyl (C=O) groups excluding carboxylic acids is 3. The number of anilines is 3. The highest BCUT2D eigenvalue weighted by Crippen LogP contribution is 2.60. The Labute approximate surface area is 569 Å². The van der Waals surface area contributed by atoms with Gasteiger partial charge in [-0.05, 0) is 184 Å². The molecule has 6 aromatic heterocycles. The number of nitrogens with one attached hydrogen (secondary N) is 3. The molecular formula is C74H86F2N18O4. The Kier molecular flexibility index (Phi) is 16.3. The van der Waals surface area contributed by atoms with E-state index in [1.807, 2.05) is 50.8 Å². The number of amides is 3. The van der Waals surface area contributed by atoms with Crippen molar-refractivity contribution in [3.05, 3.63) is 158 Å². The van der Waals surface area contributed by atoms with Crippen LogP contribution in [0.25, 0.3) is 0 Å². The SMILES string of the molecule is CC1=C2CC[C@@H](NC(=O)c3cn(Cc4ccc(N5CC6C(C5)C6(F)F)nc4C)cn3)C2=NC1.CC1=C2CC[C@@H](NC(=O)c3cn(Cc4ccc(N5C[C@@H]6C(C)[C@@H]6C5)nc4C)cn3)C2=NC1.CC1=C2CC[C@@H](NC(=O)c3cn(Cc4ccc(N5C[C@@H]6C(CO)[C@@H]6C5)nc4C)cn3)C2=NC1. The minimum atomic E-state index is -2.49. The largest absolute Gasteiger partial charge is 0.396 e. The molecule has 18 rings (SSSR count). The number of rotatable bonds is 16. The summed E-state index contributed by atoms with van der Waals surface area (Å²) in [6.45, 7) is 24.2. The van der Waals surface area contributed by atoms with Gasteiger partial charge < -0.3 is 49.5 Å². The van der Waals surface area contributed by atoms with Crippen molar-refractivity contribution < 1.29 is 28.3 Å². The van der Waals surface area contributed by atoms with Crippen LogP contribution in [0.15, 0.2) is 122 Å². The standard InChI is InChI=1S/C25H30N6O2.C25H30N6O.C24H26F2N6O/c1-14-7-26-24-17(14)4-5-21(24)29-25(33)22-11-30(13-27-22)8-16-3-6-23(28-15(16)2)31-9-18-19(10-31)20(18)12-32;1-14-8-26-24-18(14)5-6-21(24)29-25(32)22-12-30(13-27-22)9-17-4-7-23(28-16(17)3)31-10-19-15(2)20(19)11-31;1-13-7-27-22-16(13)4-5-19(22)30-23(33)20-11-31(12-28-20)8-15-3-6-21(29-14(15)2)32-9-17-18(10-32)24(17,25)26/h3,6,11,13,18-21,32H,4-5,7-10,12H2,1-2H3,(H,29,33);4,7,12-13,15,19-21H,5-6,8-11H2,1-3H3,(H,29,32);3,6,11-12,17-19H,4-5,7-10H2,1-2H3,(H,30,33)/t18-,19+,20?,21-;15?,19-,20+,21-;17?,18?,19-/m111/s1. The number of carbonyl (C=O) groups is 3. The molecule has 12 aliphatic rings. The van der Waals surface area contributed by atoms with Crippen LogP contribution in [-0.2, 0) is 19.6 Å². The van der Waals surface area contributed by atoms with Crippen molar-refractivity contribution in [2.45, 2.75) is 131 Å². The third-order valence-electron chi connectivity index (χ3n) is 23.5. The number of fused-ring (bicyclic) bond motifs is 6. The summed E-state index contributed by atoms with van der Waals surface area (Å²) in [6.07, 6.45) is 16.1. The van der Waals surface area contributed by atoms with E-state index in [0.29, 0.717) is 74.2 Å². The van der Waals surface area contributed by atoms with Crippen molar-refractivity contribution in [3.63, 3.8) is 0 Å². The molecule has 6 aliphatic heterocycles. The predicted octanol–water partition coefficient (Wildman–Crippen LogP) is 7.97. The normalized spacial score (nSPS) is 27.6. The fourth-order valence-electron chi connectivity index (χ4n) is 17.1. The van der Waals surface area contributed by atoms with E-state index in [9.17, 15) is 28.3 Å². The Morgan fingerprint density at radius 3 is 1.14 bits per heavy atom. The monoisotopic (exact) mass is 1330 g/mol. The van der Waals surface area contributed by atoms with Crippen LogP contribution < -0.4 is 30.7 Å². The van der Waals surface area contributed by atoms with Crippen LogP contribution in [0.3, 0.4) is 0 Å². The number of piperidine rings is 3. The molecule has 0 bridgehead atoms. The van der Waals surface area contributed by atoms with Gasteiger partial charge in [-0.2, -0.15) is 0 Å². The molecule has 4 N–H and O–H groups in total. The van der Waals surface area contributed by atoms with Crippen LogP contribution >= 0.6 is 0 Å². The number of aromatic nitrogens is 9. The van der Waals surface area contributed by atoms with Gasteiger partial charge in [0, 0.05) is 81.5 Å². The Hall–Kier alpha value is -9.06. The molecule has 24 heteroatoms. The maximum atomic E-state index is 13.5. The second kappa shape index (κ2) is 25.0. The summed E-state index contributed by atoms with van der Waals surface area (Å²) in [5, 5.41) is 18.7. The fraction of sp³-hybridized carbons (Fsp3) is 0.514. The third kappa shape index (κ3) is 12.0. The molecule has 510 valence electrons. The summed E-state index contributed by atoms with van der Waals surface area (Å²) in [5.74, 6) is 3.23. The van der Waals surface area contributed by atoms with Gasteiger partial charge in [-0.1, -0.05) is 25.1 Å². The summed E-state index contributed by atoms with van der Waals surface area (Å²) < 4.78 is 32.7. The number of nitrogens with zero attached hydrogens (tertiary/aromatic N) is 15. The van der Waals surface area contributed by atoms with Crippen LogP contribution in [0.4, 0.5) is 26.2 Å². The number of hydrogen-bond donors (Lipinski definition) is 4. The molecule has 12 heterocycles. The van der Waals surface area contributed by atoms with Gasteiger partial charge in [0.15, 0.2) is 0 Å². The van der Waals surface area contributed by atoms with Gasteiger partial charge in [-0.25, -0.2) is 38.7 Å². The predicted molar refractivity (Wildman–Crippen MR) is 370 cm³/mol. The van der Waals surface area contributed by atoms with E-state index in [-0.39, 0.29) is 35.8 Å².